The summed E-state index contributed by atoms with van der Waals surface area (Å²) in [5.41, 5.74) is 5.70. The number of nitrogens with two attached hydrogens (primary N) is 1. The van der Waals surface area contributed by atoms with E-state index in [0.717, 1.165) is 0 Å². The molecule has 1 saturated carbocycles. The Morgan fingerprint density at radius 1 is 1.67 bits per heavy atom. The first-order valence-corrected chi connectivity index (χ1v) is 5.23. The van der Waals surface area contributed by atoms with Gasteiger partial charge in [-0.3, -0.25) is 4.79 Å². The molecule has 1 aliphatic rings. The van der Waals surface area contributed by atoms with Crippen LogP contribution < -0.4 is 5.73 Å². The van der Waals surface area contributed by atoms with Gasteiger partial charge in [-0.25, -0.2) is 8.78 Å². The predicted molar refractivity (Wildman–Crippen MR) is 51.5 cm³/mol. The number of halogens is 2. The fraction of sp³-hybridized carbons (Fsp3) is 0.900. The van der Waals surface area contributed by atoms with E-state index in [1.54, 1.807) is 6.92 Å². The second kappa shape index (κ2) is 4.88. The molecule has 0 amide bonds. The molecule has 0 aromatic heterocycles. The molecule has 15 heavy (non-hydrogen) atoms. The highest BCUT2D eigenvalue weighted by Gasteiger charge is 2.41. The maximum atomic E-state index is 12.9. The minimum Gasteiger partial charge on any atom is -0.466 e. The molecule has 0 bridgehead atoms. The molecule has 5 heteroatoms. The van der Waals surface area contributed by atoms with Crippen molar-refractivity contribution in [3.63, 3.8) is 0 Å². The van der Waals surface area contributed by atoms with Gasteiger partial charge in [-0.2, -0.15) is 0 Å². The van der Waals surface area contributed by atoms with E-state index in [-0.39, 0.29) is 25.2 Å². The molecule has 1 aliphatic carbocycles. The summed E-state index contributed by atoms with van der Waals surface area (Å²) in [6.07, 6.45) is 0.115. The molecule has 1 rings (SSSR count). The van der Waals surface area contributed by atoms with Gasteiger partial charge in [0.2, 0.25) is 5.92 Å². The zero-order valence-electron chi connectivity index (χ0n) is 8.84. The van der Waals surface area contributed by atoms with Crippen LogP contribution in [0.1, 0.15) is 32.6 Å². The van der Waals surface area contributed by atoms with Crippen molar-refractivity contribution in [2.24, 2.45) is 11.7 Å². The Morgan fingerprint density at radius 3 is 2.80 bits per heavy atom. The van der Waals surface area contributed by atoms with Crippen molar-refractivity contribution >= 4 is 5.97 Å². The van der Waals surface area contributed by atoms with E-state index < -0.39 is 17.9 Å². The van der Waals surface area contributed by atoms with Crippen LogP contribution in [0.25, 0.3) is 0 Å². The summed E-state index contributed by atoms with van der Waals surface area (Å²) < 4.78 is 30.5. The van der Waals surface area contributed by atoms with Crippen molar-refractivity contribution in [1.82, 2.24) is 0 Å². The number of carbonyl (C=O) groups is 1. The predicted octanol–water partition coefficient (Wildman–Crippen LogP) is 1.70. The molecule has 3 nitrogen and oxygen atoms in total. The second-order valence-corrected chi connectivity index (χ2v) is 4.03. The third-order valence-corrected chi connectivity index (χ3v) is 2.75. The fourth-order valence-corrected chi connectivity index (χ4v) is 1.93. The second-order valence-electron chi connectivity index (χ2n) is 4.03. The van der Waals surface area contributed by atoms with Crippen molar-refractivity contribution in [2.75, 3.05) is 6.61 Å². The summed E-state index contributed by atoms with van der Waals surface area (Å²) in [5, 5.41) is 0. The lowest BCUT2D eigenvalue weighted by Gasteiger charge is -2.18. The summed E-state index contributed by atoms with van der Waals surface area (Å²) in [5.74, 6) is -3.26. The minimum absolute atomic E-state index is 0.0363. The molecule has 2 atom stereocenters. The SMILES string of the molecule is CCOC(=O)CC(N)C1CCC(F)(F)C1. The number of hydrogen-bond donors (Lipinski definition) is 1. The average Bonchev–Trinajstić information content (AvgIpc) is 2.46. The van der Waals surface area contributed by atoms with Crippen molar-refractivity contribution < 1.29 is 18.3 Å². The van der Waals surface area contributed by atoms with Crippen molar-refractivity contribution in [3.8, 4) is 0 Å². The minimum atomic E-state index is -2.60. The van der Waals surface area contributed by atoms with Gasteiger partial charge in [0.1, 0.15) is 0 Å². The van der Waals surface area contributed by atoms with Crippen LogP contribution in [0, 0.1) is 5.92 Å². The van der Waals surface area contributed by atoms with Crippen molar-refractivity contribution in [1.29, 1.82) is 0 Å². The number of carbonyl (C=O) groups excluding carboxylic acids is 1. The van der Waals surface area contributed by atoms with Gasteiger partial charge in [0.05, 0.1) is 13.0 Å². The topological polar surface area (TPSA) is 52.3 Å². The van der Waals surface area contributed by atoms with E-state index in [0.29, 0.717) is 13.0 Å². The molecule has 2 N–H and O–H groups in total. The molecule has 0 radical (unpaired) electrons. The quantitative estimate of drug-likeness (QED) is 0.735. The Hall–Kier alpha value is -0.710. The number of ether oxygens (including phenoxy) is 1. The van der Waals surface area contributed by atoms with Crippen LogP contribution in [-0.2, 0) is 9.53 Å². The van der Waals surface area contributed by atoms with Crippen molar-refractivity contribution in [2.45, 2.75) is 44.6 Å². The van der Waals surface area contributed by atoms with Gasteiger partial charge < -0.3 is 10.5 Å². The van der Waals surface area contributed by atoms with Gasteiger partial charge in [0.25, 0.3) is 0 Å². The molecular weight excluding hydrogens is 204 g/mol. The summed E-state index contributed by atoms with van der Waals surface area (Å²) in [4.78, 5) is 11.1. The Kier molecular flexibility index (Phi) is 4.02. The monoisotopic (exact) mass is 221 g/mol. The fourth-order valence-electron chi connectivity index (χ4n) is 1.93. The maximum absolute atomic E-state index is 12.9. The molecule has 0 aromatic rings. The lowest BCUT2D eigenvalue weighted by Crippen LogP contribution is -2.32. The Labute approximate surface area is 88.0 Å². The molecule has 1 fully saturated rings. The van der Waals surface area contributed by atoms with Crippen LogP contribution >= 0.6 is 0 Å². The van der Waals surface area contributed by atoms with Gasteiger partial charge in [-0.05, 0) is 19.3 Å². The molecule has 88 valence electrons. The average molecular weight is 221 g/mol. The van der Waals surface area contributed by atoms with E-state index >= 15 is 0 Å². The summed E-state index contributed by atoms with van der Waals surface area (Å²) >= 11 is 0. The Balaban J connectivity index is 2.35. The number of alkyl halides is 2. The van der Waals surface area contributed by atoms with Crippen LogP contribution in [0.3, 0.4) is 0 Å². The third-order valence-electron chi connectivity index (χ3n) is 2.75. The van der Waals surface area contributed by atoms with Crippen LogP contribution in [0.5, 0.6) is 0 Å². The zero-order chi connectivity index (χ0) is 11.5. The number of hydrogen-bond acceptors (Lipinski definition) is 3. The van der Waals surface area contributed by atoms with Crippen LogP contribution in [0.4, 0.5) is 8.78 Å². The van der Waals surface area contributed by atoms with E-state index in [1.165, 1.54) is 0 Å². The highest BCUT2D eigenvalue weighted by Crippen LogP contribution is 2.40. The van der Waals surface area contributed by atoms with Gasteiger partial charge in [0.15, 0.2) is 0 Å². The lowest BCUT2D eigenvalue weighted by atomic mass is 9.96. The third kappa shape index (κ3) is 3.74. The van der Waals surface area contributed by atoms with E-state index in [2.05, 4.69) is 0 Å². The number of rotatable bonds is 4. The number of esters is 1. The van der Waals surface area contributed by atoms with E-state index in [4.69, 9.17) is 10.5 Å². The Bertz CT molecular complexity index is 233. The van der Waals surface area contributed by atoms with Crippen LogP contribution in [-0.4, -0.2) is 24.5 Å². The largest absolute Gasteiger partial charge is 0.466 e. The molecule has 0 aromatic carbocycles. The van der Waals surface area contributed by atoms with Crippen LogP contribution in [0.2, 0.25) is 0 Å². The molecule has 0 heterocycles. The smallest absolute Gasteiger partial charge is 0.307 e. The van der Waals surface area contributed by atoms with Crippen molar-refractivity contribution in [3.05, 3.63) is 0 Å². The first-order chi connectivity index (χ1) is 6.94. The van der Waals surface area contributed by atoms with Gasteiger partial charge >= 0.3 is 5.97 Å². The first kappa shape index (κ1) is 12.4. The highest BCUT2D eigenvalue weighted by molar-refractivity contribution is 5.70. The zero-order valence-corrected chi connectivity index (χ0v) is 8.84. The normalized spacial score (nSPS) is 26.3. The maximum Gasteiger partial charge on any atom is 0.307 e. The van der Waals surface area contributed by atoms with E-state index in [9.17, 15) is 13.6 Å². The molecule has 0 spiro atoms. The molecule has 0 saturated heterocycles. The summed E-state index contributed by atoms with van der Waals surface area (Å²) in [6, 6.07) is -0.502. The summed E-state index contributed by atoms with van der Waals surface area (Å²) in [7, 11) is 0. The highest BCUT2D eigenvalue weighted by atomic mass is 19.3. The van der Waals surface area contributed by atoms with E-state index in [1.807, 2.05) is 0 Å². The Morgan fingerprint density at radius 2 is 2.33 bits per heavy atom. The first-order valence-electron chi connectivity index (χ1n) is 5.23. The van der Waals surface area contributed by atoms with Crippen LogP contribution in [0.15, 0.2) is 0 Å². The van der Waals surface area contributed by atoms with Gasteiger partial charge in [0, 0.05) is 18.9 Å². The van der Waals surface area contributed by atoms with Gasteiger partial charge in [-0.15, -0.1) is 0 Å². The molecular formula is C10H17F2NO2. The molecule has 0 aliphatic heterocycles. The van der Waals surface area contributed by atoms with Gasteiger partial charge in [-0.1, -0.05) is 0 Å². The standard InChI is InChI=1S/C10H17F2NO2/c1-2-15-9(14)5-8(13)7-3-4-10(11,12)6-7/h7-8H,2-6,13H2,1H3. The summed E-state index contributed by atoms with van der Waals surface area (Å²) in [6.45, 7) is 2.00. The lowest BCUT2D eigenvalue weighted by molar-refractivity contribution is -0.143. The molecule has 2 unspecified atom stereocenters.